The largest absolute Gasteiger partial charge is 0.355 e. The number of fused-ring (bicyclic) bond motifs is 1. The van der Waals surface area contributed by atoms with Crippen LogP contribution in [0.2, 0.25) is 0 Å². The molecule has 0 aromatic heterocycles. The van der Waals surface area contributed by atoms with Crippen LogP contribution in [0.4, 0.5) is 0 Å². The fraction of sp³-hybridized carbons (Fsp3) is 0.333. The highest BCUT2D eigenvalue weighted by atomic mass is 16.2. The Labute approximate surface area is 117 Å². The van der Waals surface area contributed by atoms with Gasteiger partial charge in [0, 0.05) is 30.8 Å². The molecule has 3 rings (SSSR count). The van der Waals surface area contributed by atoms with Gasteiger partial charge in [0.15, 0.2) is 0 Å². The summed E-state index contributed by atoms with van der Waals surface area (Å²) >= 11 is 0. The van der Waals surface area contributed by atoms with Crippen molar-refractivity contribution >= 4 is 17.5 Å². The van der Waals surface area contributed by atoms with E-state index in [4.69, 9.17) is 5.73 Å². The molecule has 1 aromatic carbocycles. The van der Waals surface area contributed by atoms with E-state index in [9.17, 15) is 9.59 Å². The molecule has 0 aliphatic carbocycles. The standard InChI is InChI=1S/C15H17N3O2/c1-9-12-3-2-10(7-16)6-11(12)8-18(9)13-4-5-14(19)17-15(13)20/h2-3,6,13H,1,4-5,7-8,16H2,(H,17,19,20). The molecule has 3 N–H and O–H groups in total. The molecule has 5 nitrogen and oxygen atoms in total. The van der Waals surface area contributed by atoms with Crippen molar-refractivity contribution in [1.82, 2.24) is 10.2 Å². The molecule has 1 fully saturated rings. The van der Waals surface area contributed by atoms with E-state index in [1.807, 2.05) is 17.0 Å². The summed E-state index contributed by atoms with van der Waals surface area (Å²) in [4.78, 5) is 25.2. The van der Waals surface area contributed by atoms with E-state index in [2.05, 4.69) is 18.0 Å². The maximum atomic E-state index is 12.0. The lowest BCUT2D eigenvalue weighted by Crippen LogP contribution is -2.50. The van der Waals surface area contributed by atoms with Crippen molar-refractivity contribution in [3.8, 4) is 0 Å². The van der Waals surface area contributed by atoms with Gasteiger partial charge in [0.05, 0.1) is 0 Å². The Morgan fingerprint density at radius 3 is 2.90 bits per heavy atom. The van der Waals surface area contributed by atoms with Crippen LogP contribution in [-0.4, -0.2) is 22.8 Å². The summed E-state index contributed by atoms with van der Waals surface area (Å²) in [6, 6.07) is 5.74. The minimum atomic E-state index is -0.311. The average molecular weight is 271 g/mol. The summed E-state index contributed by atoms with van der Waals surface area (Å²) < 4.78 is 0. The van der Waals surface area contributed by atoms with Gasteiger partial charge in [-0.2, -0.15) is 0 Å². The van der Waals surface area contributed by atoms with E-state index < -0.39 is 0 Å². The fourth-order valence-corrected chi connectivity index (χ4v) is 2.90. The Bertz CT molecular complexity index is 609. The van der Waals surface area contributed by atoms with Crippen molar-refractivity contribution in [2.45, 2.75) is 32.0 Å². The molecule has 0 saturated carbocycles. The van der Waals surface area contributed by atoms with E-state index in [1.54, 1.807) is 0 Å². The SMILES string of the molecule is C=C1c2ccc(CN)cc2CN1C1CCC(=O)NC1=O. The number of carbonyl (C=O) groups excluding carboxylic acids is 2. The first kappa shape index (κ1) is 12.9. The zero-order chi connectivity index (χ0) is 14.3. The van der Waals surface area contributed by atoms with Crippen molar-refractivity contribution in [2.24, 2.45) is 5.73 Å². The van der Waals surface area contributed by atoms with Gasteiger partial charge in [-0.3, -0.25) is 14.9 Å². The van der Waals surface area contributed by atoms with Gasteiger partial charge in [-0.15, -0.1) is 0 Å². The number of hydrogen-bond donors (Lipinski definition) is 2. The normalized spacial score (nSPS) is 21.9. The van der Waals surface area contributed by atoms with Crippen molar-refractivity contribution in [1.29, 1.82) is 0 Å². The lowest BCUT2D eigenvalue weighted by Gasteiger charge is -2.31. The predicted octanol–water partition coefficient (Wildman–Crippen LogP) is 0.737. The molecule has 1 saturated heterocycles. The second-order valence-electron chi connectivity index (χ2n) is 5.24. The third-order valence-corrected chi connectivity index (χ3v) is 3.99. The number of nitrogens with two attached hydrogens (primary N) is 1. The van der Waals surface area contributed by atoms with Crippen LogP contribution in [0, 0.1) is 0 Å². The van der Waals surface area contributed by atoms with Crippen LogP contribution in [0.15, 0.2) is 24.8 Å². The van der Waals surface area contributed by atoms with Crippen LogP contribution in [-0.2, 0) is 22.7 Å². The zero-order valence-corrected chi connectivity index (χ0v) is 11.2. The lowest BCUT2D eigenvalue weighted by atomic mass is 10.0. The Hall–Kier alpha value is -2.14. The summed E-state index contributed by atoms with van der Waals surface area (Å²) in [5, 5.41) is 2.40. The topological polar surface area (TPSA) is 75.4 Å². The van der Waals surface area contributed by atoms with Gasteiger partial charge in [0.2, 0.25) is 11.8 Å². The van der Waals surface area contributed by atoms with Crippen molar-refractivity contribution in [2.75, 3.05) is 0 Å². The van der Waals surface area contributed by atoms with E-state index >= 15 is 0 Å². The van der Waals surface area contributed by atoms with E-state index in [0.717, 1.165) is 22.4 Å². The van der Waals surface area contributed by atoms with Gasteiger partial charge in [-0.1, -0.05) is 24.8 Å². The molecular weight excluding hydrogens is 254 g/mol. The highest BCUT2D eigenvalue weighted by molar-refractivity contribution is 6.01. The summed E-state index contributed by atoms with van der Waals surface area (Å²) in [6.45, 7) is 5.24. The van der Waals surface area contributed by atoms with Crippen molar-refractivity contribution in [3.05, 3.63) is 41.5 Å². The van der Waals surface area contributed by atoms with Crippen molar-refractivity contribution < 1.29 is 9.59 Å². The lowest BCUT2D eigenvalue weighted by molar-refractivity contribution is -0.136. The third-order valence-electron chi connectivity index (χ3n) is 3.99. The molecule has 0 bridgehead atoms. The maximum absolute atomic E-state index is 12.0. The predicted molar refractivity (Wildman–Crippen MR) is 75.1 cm³/mol. The maximum Gasteiger partial charge on any atom is 0.249 e. The van der Waals surface area contributed by atoms with Gasteiger partial charge < -0.3 is 10.6 Å². The number of hydrogen-bond acceptors (Lipinski definition) is 4. The number of carbonyl (C=O) groups is 2. The van der Waals surface area contributed by atoms with Gasteiger partial charge in [-0.25, -0.2) is 0 Å². The molecule has 2 amide bonds. The Morgan fingerprint density at radius 1 is 1.40 bits per heavy atom. The molecule has 0 radical (unpaired) electrons. The second kappa shape index (κ2) is 4.76. The first-order valence-electron chi connectivity index (χ1n) is 6.71. The van der Waals surface area contributed by atoms with Gasteiger partial charge >= 0.3 is 0 Å². The minimum absolute atomic E-state index is 0.195. The summed E-state index contributed by atoms with van der Waals surface area (Å²) in [5.41, 5.74) is 9.78. The average Bonchev–Trinajstić information content (AvgIpc) is 2.75. The second-order valence-corrected chi connectivity index (χ2v) is 5.24. The molecule has 1 aromatic rings. The van der Waals surface area contributed by atoms with Gasteiger partial charge in [-0.05, 0) is 17.5 Å². The number of rotatable bonds is 2. The highest BCUT2D eigenvalue weighted by Gasteiger charge is 2.36. The molecule has 0 spiro atoms. The van der Waals surface area contributed by atoms with E-state index in [-0.39, 0.29) is 17.9 Å². The zero-order valence-electron chi connectivity index (χ0n) is 11.2. The Kier molecular flexibility index (Phi) is 3.06. The molecule has 2 aliphatic rings. The quantitative estimate of drug-likeness (QED) is 0.778. The van der Waals surface area contributed by atoms with E-state index in [0.29, 0.717) is 25.9 Å². The first-order chi connectivity index (χ1) is 9.60. The molecule has 5 heteroatoms. The summed E-state index contributed by atoms with van der Waals surface area (Å²) in [5.74, 6) is -0.423. The first-order valence-corrected chi connectivity index (χ1v) is 6.71. The summed E-state index contributed by atoms with van der Waals surface area (Å²) in [7, 11) is 0. The number of benzene rings is 1. The van der Waals surface area contributed by atoms with Crippen LogP contribution in [0.25, 0.3) is 5.70 Å². The number of piperidine rings is 1. The smallest absolute Gasteiger partial charge is 0.249 e. The molecule has 104 valence electrons. The van der Waals surface area contributed by atoms with E-state index in [1.165, 1.54) is 0 Å². The molecular formula is C15H17N3O2. The third kappa shape index (κ3) is 2.00. The molecule has 2 heterocycles. The van der Waals surface area contributed by atoms with Crippen LogP contribution in [0.3, 0.4) is 0 Å². The fourth-order valence-electron chi connectivity index (χ4n) is 2.90. The van der Waals surface area contributed by atoms with Crippen molar-refractivity contribution in [3.63, 3.8) is 0 Å². The highest BCUT2D eigenvalue weighted by Crippen LogP contribution is 2.35. The number of nitrogens with one attached hydrogen (secondary N) is 1. The number of nitrogens with zero attached hydrogens (tertiary/aromatic N) is 1. The van der Waals surface area contributed by atoms with Crippen LogP contribution >= 0.6 is 0 Å². The molecule has 2 aliphatic heterocycles. The molecule has 1 atom stereocenters. The Morgan fingerprint density at radius 2 is 2.20 bits per heavy atom. The van der Waals surface area contributed by atoms with Crippen LogP contribution < -0.4 is 11.1 Å². The number of imide groups is 1. The number of amides is 2. The van der Waals surface area contributed by atoms with Gasteiger partial charge in [0.25, 0.3) is 0 Å². The summed E-state index contributed by atoms with van der Waals surface area (Å²) in [6.07, 6.45) is 0.923. The van der Waals surface area contributed by atoms with Gasteiger partial charge in [0.1, 0.15) is 6.04 Å². The monoisotopic (exact) mass is 271 g/mol. The molecule has 1 unspecified atom stereocenters. The minimum Gasteiger partial charge on any atom is -0.355 e. The van der Waals surface area contributed by atoms with Crippen LogP contribution in [0.5, 0.6) is 0 Å². The Balaban J connectivity index is 1.86. The molecule has 20 heavy (non-hydrogen) atoms. The van der Waals surface area contributed by atoms with Crippen LogP contribution in [0.1, 0.15) is 29.5 Å².